The number of thiocarbonyl (C=S) groups is 1. The Balaban J connectivity index is 1.77. The van der Waals surface area contributed by atoms with E-state index in [1.165, 1.54) is 16.2 Å². The number of carbonyl (C=O) groups excluding carboxylic acids is 1. The third-order valence-corrected chi connectivity index (χ3v) is 6.78. The Labute approximate surface area is 201 Å². The average Bonchev–Trinajstić information content (AvgIpc) is 3.09. The van der Waals surface area contributed by atoms with Crippen LogP contribution in [0.25, 0.3) is 11.7 Å². The van der Waals surface area contributed by atoms with E-state index in [9.17, 15) is 9.59 Å². The molecular weight excluding hydrogens is 456 g/mol. The summed E-state index contributed by atoms with van der Waals surface area (Å²) in [4.78, 5) is 33.4. The Kier molecular flexibility index (Phi) is 6.92. The van der Waals surface area contributed by atoms with Gasteiger partial charge in [-0.25, -0.2) is 4.98 Å². The zero-order chi connectivity index (χ0) is 23.5. The van der Waals surface area contributed by atoms with E-state index in [4.69, 9.17) is 17.0 Å². The Hall–Kier alpha value is -3.01. The van der Waals surface area contributed by atoms with Gasteiger partial charge in [0.1, 0.15) is 15.8 Å². The Morgan fingerprint density at radius 1 is 1.21 bits per heavy atom. The number of aryl methyl sites for hydroxylation is 1. The Morgan fingerprint density at radius 2 is 1.97 bits per heavy atom. The molecular formula is C24H24N4O3S2. The number of hydrogen-bond donors (Lipinski definition) is 1. The highest BCUT2D eigenvalue weighted by Gasteiger charge is 2.36. The number of methoxy groups -OCH3 is 1. The molecule has 1 aromatic carbocycles. The van der Waals surface area contributed by atoms with E-state index in [0.29, 0.717) is 39.4 Å². The first-order chi connectivity index (χ1) is 15.9. The fraction of sp³-hybridized carbons (Fsp3) is 0.250. The van der Waals surface area contributed by atoms with Gasteiger partial charge in [0.2, 0.25) is 0 Å². The lowest BCUT2D eigenvalue weighted by molar-refractivity contribution is -0.123. The van der Waals surface area contributed by atoms with Gasteiger partial charge in [-0.15, -0.1) is 0 Å². The lowest BCUT2D eigenvalue weighted by Gasteiger charge is -2.23. The maximum Gasteiger partial charge on any atom is 0.267 e. The van der Waals surface area contributed by atoms with Crippen LogP contribution in [0.3, 0.4) is 0 Å². The molecule has 7 nitrogen and oxygen atoms in total. The fourth-order valence-corrected chi connectivity index (χ4v) is 5.07. The number of rotatable bonds is 7. The van der Waals surface area contributed by atoms with E-state index >= 15 is 0 Å². The molecule has 1 aliphatic rings. The van der Waals surface area contributed by atoms with Crippen molar-refractivity contribution in [2.24, 2.45) is 0 Å². The number of aromatic nitrogens is 2. The number of amides is 1. The highest BCUT2D eigenvalue weighted by Crippen LogP contribution is 2.38. The quantitative estimate of drug-likeness (QED) is 0.311. The molecule has 0 saturated carbocycles. The van der Waals surface area contributed by atoms with E-state index < -0.39 is 0 Å². The van der Waals surface area contributed by atoms with Gasteiger partial charge in [0.15, 0.2) is 0 Å². The molecule has 4 rings (SSSR count). The topological polar surface area (TPSA) is 75.9 Å². The number of pyridine rings is 1. The van der Waals surface area contributed by atoms with Crippen LogP contribution >= 0.6 is 24.0 Å². The first-order valence-corrected chi connectivity index (χ1v) is 11.7. The number of fused-ring (bicyclic) bond motifs is 1. The van der Waals surface area contributed by atoms with Gasteiger partial charge in [0.05, 0.1) is 23.1 Å². The summed E-state index contributed by atoms with van der Waals surface area (Å²) in [6.07, 6.45) is 3.27. The lowest BCUT2D eigenvalue weighted by atomic mass is 10.1. The van der Waals surface area contributed by atoms with Crippen molar-refractivity contribution in [3.8, 4) is 0 Å². The summed E-state index contributed by atoms with van der Waals surface area (Å²) in [6.45, 7) is 4.76. The molecule has 1 saturated heterocycles. The highest BCUT2D eigenvalue weighted by atomic mass is 32.2. The van der Waals surface area contributed by atoms with Crippen molar-refractivity contribution in [1.82, 2.24) is 14.3 Å². The summed E-state index contributed by atoms with van der Waals surface area (Å²) >= 11 is 6.72. The van der Waals surface area contributed by atoms with E-state index in [1.54, 1.807) is 30.3 Å². The number of nitrogens with zero attached hydrogens (tertiary/aromatic N) is 3. The fourth-order valence-electron chi connectivity index (χ4n) is 3.67. The highest BCUT2D eigenvalue weighted by molar-refractivity contribution is 8.26. The molecule has 9 heteroatoms. The summed E-state index contributed by atoms with van der Waals surface area (Å²) in [5.41, 5.74) is 2.47. The molecule has 170 valence electrons. The normalized spacial score (nSPS) is 16.1. The Bertz CT molecular complexity index is 1300. The first-order valence-electron chi connectivity index (χ1n) is 10.5. The average molecular weight is 481 g/mol. The van der Waals surface area contributed by atoms with Crippen LogP contribution in [0, 0.1) is 6.92 Å². The van der Waals surface area contributed by atoms with Gasteiger partial charge in [0.25, 0.3) is 11.5 Å². The SMILES string of the molecule is COCCNc1nc2c(C)cccn2c(=O)c1C=C1SC(=S)N(C(C)c2ccccc2)C1=O. The minimum absolute atomic E-state index is 0.220. The predicted molar refractivity (Wildman–Crippen MR) is 136 cm³/mol. The van der Waals surface area contributed by atoms with Crippen molar-refractivity contribution in [2.75, 3.05) is 25.6 Å². The van der Waals surface area contributed by atoms with Crippen molar-refractivity contribution >= 4 is 51.7 Å². The molecule has 1 N–H and O–H groups in total. The van der Waals surface area contributed by atoms with Crippen molar-refractivity contribution in [1.29, 1.82) is 0 Å². The maximum absolute atomic E-state index is 13.4. The van der Waals surface area contributed by atoms with Gasteiger partial charge in [-0.05, 0) is 37.1 Å². The second kappa shape index (κ2) is 9.86. The van der Waals surface area contributed by atoms with Crippen LogP contribution in [-0.2, 0) is 9.53 Å². The summed E-state index contributed by atoms with van der Waals surface area (Å²) in [5, 5.41) is 3.17. The van der Waals surface area contributed by atoms with Crippen LogP contribution in [0.5, 0.6) is 0 Å². The molecule has 3 heterocycles. The number of ether oxygens (including phenoxy) is 1. The van der Waals surface area contributed by atoms with Gasteiger partial charge in [-0.1, -0.05) is 60.4 Å². The van der Waals surface area contributed by atoms with Gasteiger partial charge < -0.3 is 10.1 Å². The minimum Gasteiger partial charge on any atom is -0.383 e. The number of nitrogens with one attached hydrogen (secondary N) is 1. The predicted octanol–water partition coefficient (Wildman–Crippen LogP) is 4.02. The van der Waals surface area contributed by atoms with Crippen molar-refractivity contribution in [2.45, 2.75) is 19.9 Å². The van der Waals surface area contributed by atoms with Gasteiger partial charge in [-0.2, -0.15) is 0 Å². The van der Waals surface area contributed by atoms with Crippen molar-refractivity contribution < 1.29 is 9.53 Å². The maximum atomic E-state index is 13.4. The molecule has 1 atom stereocenters. The zero-order valence-electron chi connectivity index (χ0n) is 18.6. The molecule has 3 aromatic rings. The van der Waals surface area contributed by atoms with Gasteiger partial charge in [0, 0.05) is 19.9 Å². The molecule has 1 aliphatic heterocycles. The lowest BCUT2D eigenvalue weighted by Crippen LogP contribution is -2.31. The van der Waals surface area contributed by atoms with Crippen LogP contribution in [-0.4, -0.2) is 44.8 Å². The van der Waals surface area contributed by atoms with Crippen molar-refractivity contribution in [3.05, 3.63) is 80.6 Å². The van der Waals surface area contributed by atoms with Crippen LogP contribution in [0.4, 0.5) is 5.82 Å². The Morgan fingerprint density at radius 3 is 2.70 bits per heavy atom. The number of benzene rings is 1. The summed E-state index contributed by atoms with van der Waals surface area (Å²) in [6, 6.07) is 13.2. The molecule has 1 fully saturated rings. The van der Waals surface area contributed by atoms with Crippen LogP contribution in [0.2, 0.25) is 0 Å². The van der Waals surface area contributed by atoms with E-state index in [2.05, 4.69) is 10.3 Å². The molecule has 1 unspecified atom stereocenters. The smallest absolute Gasteiger partial charge is 0.267 e. The summed E-state index contributed by atoms with van der Waals surface area (Å²) in [7, 11) is 1.61. The third kappa shape index (κ3) is 4.57. The molecule has 33 heavy (non-hydrogen) atoms. The zero-order valence-corrected chi connectivity index (χ0v) is 20.2. The second-order valence-electron chi connectivity index (χ2n) is 7.62. The third-order valence-electron chi connectivity index (χ3n) is 5.45. The van der Waals surface area contributed by atoms with Crippen molar-refractivity contribution in [3.63, 3.8) is 0 Å². The van der Waals surface area contributed by atoms with E-state index in [0.717, 1.165) is 11.1 Å². The van der Waals surface area contributed by atoms with Crippen LogP contribution < -0.4 is 10.9 Å². The molecule has 0 radical (unpaired) electrons. The van der Waals surface area contributed by atoms with E-state index in [-0.39, 0.29) is 17.5 Å². The molecule has 1 amide bonds. The summed E-state index contributed by atoms with van der Waals surface area (Å²) in [5.74, 6) is 0.186. The molecule has 2 aromatic heterocycles. The number of anilines is 1. The number of thioether (sulfide) groups is 1. The van der Waals surface area contributed by atoms with Crippen LogP contribution in [0.15, 0.2) is 58.4 Å². The number of hydrogen-bond acceptors (Lipinski definition) is 7. The van der Waals surface area contributed by atoms with Gasteiger partial charge >= 0.3 is 0 Å². The minimum atomic E-state index is -0.259. The van der Waals surface area contributed by atoms with Crippen LogP contribution in [0.1, 0.15) is 29.7 Å². The second-order valence-corrected chi connectivity index (χ2v) is 9.30. The summed E-state index contributed by atoms with van der Waals surface area (Å²) < 4.78 is 7.08. The number of carbonyl (C=O) groups is 1. The monoisotopic (exact) mass is 480 g/mol. The van der Waals surface area contributed by atoms with E-state index in [1.807, 2.05) is 50.2 Å². The largest absolute Gasteiger partial charge is 0.383 e. The standard InChI is InChI=1S/C24H24N4O3S2/c1-15-8-7-12-27-21(15)26-20(25-11-13-31-3)18(22(27)29)14-19-23(30)28(24(32)33-19)16(2)17-9-5-4-6-10-17/h4-10,12,14,16,25H,11,13H2,1-3H3. The molecule has 0 aliphatic carbocycles. The first kappa shape index (κ1) is 23.2. The molecule has 0 bridgehead atoms. The molecule has 0 spiro atoms. The van der Waals surface area contributed by atoms with Gasteiger partial charge in [-0.3, -0.25) is 18.9 Å².